The van der Waals surface area contributed by atoms with Gasteiger partial charge in [-0.15, -0.1) is 0 Å². The zero-order valence-electron chi connectivity index (χ0n) is 11.0. The largest absolute Gasteiger partial charge is 0.389 e. The van der Waals surface area contributed by atoms with Crippen molar-refractivity contribution in [1.82, 2.24) is 4.31 Å². The Morgan fingerprint density at radius 3 is 2.75 bits per heavy atom. The number of nitrogens with zero attached hydrogens (tertiary/aromatic N) is 2. The maximum atomic E-state index is 12.5. The van der Waals surface area contributed by atoms with Crippen LogP contribution in [0.25, 0.3) is 0 Å². The first-order valence-corrected chi connectivity index (χ1v) is 8.00. The minimum atomic E-state index is -3.76. The van der Waals surface area contributed by atoms with Gasteiger partial charge in [0.25, 0.3) is 0 Å². The fourth-order valence-electron chi connectivity index (χ4n) is 2.30. The van der Waals surface area contributed by atoms with Crippen LogP contribution in [0.1, 0.15) is 25.3 Å². The van der Waals surface area contributed by atoms with Crippen LogP contribution in [0.4, 0.5) is 0 Å². The van der Waals surface area contributed by atoms with E-state index in [0.29, 0.717) is 24.9 Å². The normalized spacial score (nSPS) is 24.3. The van der Waals surface area contributed by atoms with Crippen molar-refractivity contribution < 1.29 is 13.5 Å². The number of hydrogen-bond donors (Lipinski definition) is 1. The van der Waals surface area contributed by atoms with Gasteiger partial charge in [0.2, 0.25) is 10.0 Å². The van der Waals surface area contributed by atoms with Crippen LogP contribution in [0, 0.1) is 11.3 Å². The molecule has 7 heteroatoms. The van der Waals surface area contributed by atoms with Crippen LogP contribution in [0.5, 0.6) is 0 Å². The molecule has 1 fully saturated rings. The predicted octanol–water partition coefficient (Wildman–Crippen LogP) is 1.75. The van der Waals surface area contributed by atoms with Gasteiger partial charge >= 0.3 is 0 Å². The molecule has 1 aliphatic heterocycles. The number of halogens is 1. The van der Waals surface area contributed by atoms with Gasteiger partial charge in [0.05, 0.1) is 22.3 Å². The van der Waals surface area contributed by atoms with E-state index in [9.17, 15) is 13.5 Å². The number of aliphatic hydroxyl groups is 1. The molecule has 1 aliphatic rings. The molecule has 0 bridgehead atoms. The highest BCUT2D eigenvalue weighted by atomic mass is 35.5. The van der Waals surface area contributed by atoms with Crippen molar-refractivity contribution in [3.8, 4) is 6.07 Å². The van der Waals surface area contributed by atoms with E-state index in [1.807, 2.05) is 6.07 Å². The highest BCUT2D eigenvalue weighted by molar-refractivity contribution is 7.89. The molecule has 0 spiro atoms. The van der Waals surface area contributed by atoms with Crippen molar-refractivity contribution >= 4 is 21.6 Å². The van der Waals surface area contributed by atoms with Crippen molar-refractivity contribution in [2.24, 2.45) is 0 Å². The van der Waals surface area contributed by atoms with Crippen molar-refractivity contribution in [3.63, 3.8) is 0 Å². The molecule has 1 atom stereocenters. The first-order valence-electron chi connectivity index (χ1n) is 6.18. The number of rotatable bonds is 2. The number of hydrogen-bond acceptors (Lipinski definition) is 4. The molecule has 0 saturated carbocycles. The molecule has 5 nitrogen and oxygen atoms in total. The molecule has 1 unspecified atom stereocenters. The molecule has 0 amide bonds. The lowest BCUT2D eigenvalue weighted by Crippen LogP contribution is -2.48. The van der Waals surface area contributed by atoms with Gasteiger partial charge in [-0.05, 0) is 38.0 Å². The molecule has 1 N–H and O–H groups in total. The average molecular weight is 315 g/mol. The number of benzene rings is 1. The summed E-state index contributed by atoms with van der Waals surface area (Å²) in [5.41, 5.74) is -0.718. The van der Waals surface area contributed by atoms with Crippen LogP contribution < -0.4 is 0 Å². The van der Waals surface area contributed by atoms with E-state index in [0.717, 1.165) is 0 Å². The average Bonchev–Trinajstić information content (AvgIpc) is 2.37. The van der Waals surface area contributed by atoms with E-state index in [-0.39, 0.29) is 16.5 Å². The number of piperidine rings is 1. The highest BCUT2D eigenvalue weighted by Crippen LogP contribution is 2.30. The molecule has 20 heavy (non-hydrogen) atoms. The molecule has 108 valence electrons. The van der Waals surface area contributed by atoms with Crippen LogP contribution in [-0.2, 0) is 10.0 Å². The Morgan fingerprint density at radius 1 is 1.50 bits per heavy atom. The molecular weight excluding hydrogens is 300 g/mol. The summed E-state index contributed by atoms with van der Waals surface area (Å²) in [7, 11) is -3.76. The minimum absolute atomic E-state index is 0.0225. The van der Waals surface area contributed by atoms with Gasteiger partial charge in [-0.3, -0.25) is 0 Å². The lowest BCUT2D eigenvalue weighted by atomic mass is 9.97. The molecule has 1 saturated heterocycles. The zero-order chi connectivity index (χ0) is 15.0. The van der Waals surface area contributed by atoms with Gasteiger partial charge < -0.3 is 5.11 Å². The van der Waals surface area contributed by atoms with Crippen LogP contribution in [-0.4, -0.2) is 36.5 Å². The standard InChI is InChI=1S/C13H15ClN2O3S/c1-13(17)5-2-6-16(9-13)20(18,19)12-4-3-10(8-15)7-11(12)14/h3-4,7,17H,2,5-6,9H2,1H3. The number of nitriles is 1. The van der Waals surface area contributed by atoms with E-state index in [2.05, 4.69) is 0 Å². The van der Waals surface area contributed by atoms with E-state index < -0.39 is 15.6 Å². The van der Waals surface area contributed by atoms with Gasteiger partial charge in [-0.2, -0.15) is 9.57 Å². The van der Waals surface area contributed by atoms with Crippen molar-refractivity contribution in [3.05, 3.63) is 28.8 Å². The Balaban J connectivity index is 2.38. The van der Waals surface area contributed by atoms with Crippen LogP contribution in [0.2, 0.25) is 5.02 Å². The Labute approximate surface area is 123 Å². The fraction of sp³-hybridized carbons (Fsp3) is 0.462. The summed E-state index contributed by atoms with van der Waals surface area (Å²) in [4.78, 5) is -0.0316. The third kappa shape index (κ3) is 2.96. The van der Waals surface area contributed by atoms with Gasteiger partial charge in [-0.1, -0.05) is 11.6 Å². The molecule has 1 aromatic rings. The maximum Gasteiger partial charge on any atom is 0.244 e. The lowest BCUT2D eigenvalue weighted by molar-refractivity contribution is 0.00940. The van der Waals surface area contributed by atoms with Crippen LogP contribution in [0.3, 0.4) is 0 Å². The molecule has 1 heterocycles. The highest BCUT2D eigenvalue weighted by Gasteiger charge is 2.36. The first kappa shape index (κ1) is 15.3. The van der Waals surface area contributed by atoms with E-state index in [1.54, 1.807) is 6.92 Å². The lowest BCUT2D eigenvalue weighted by Gasteiger charge is -2.36. The quantitative estimate of drug-likeness (QED) is 0.901. The van der Waals surface area contributed by atoms with Gasteiger partial charge in [0.15, 0.2) is 0 Å². The first-order chi connectivity index (χ1) is 9.26. The molecule has 0 aromatic heterocycles. The molecule has 1 aromatic carbocycles. The van der Waals surface area contributed by atoms with Gasteiger partial charge in [0.1, 0.15) is 4.90 Å². The molecular formula is C13H15ClN2O3S. The third-order valence-corrected chi connectivity index (χ3v) is 5.65. The summed E-state index contributed by atoms with van der Waals surface area (Å²) >= 11 is 5.96. The van der Waals surface area contributed by atoms with E-state index in [1.165, 1.54) is 22.5 Å². The van der Waals surface area contributed by atoms with Crippen molar-refractivity contribution in [2.75, 3.05) is 13.1 Å². The van der Waals surface area contributed by atoms with Crippen LogP contribution in [0.15, 0.2) is 23.1 Å². The Kier molecular flexibility index (Phi) is 4.07. The second kappa shape index (κ2) is 5.34. The summed E-state index contributed by atoms with van der Waals surface area (Å²) in [5, 5.41) is 18.8. The fourth-order valence-corrected chi connectivity index (χ4v) is 4.41. The number of sulfonamides is 1. The Morgan fingerprint density at radius 2 is 2.20 bits per heavy atom. The summed E-state index contributed by atoms with van der Waals surface area (Å²) in [6.45, 7) is 2.02. The second-order valence-electron chi connectivity index (χ2n) is 5.20. The topological polar surface area (TPSA) is 81.4 Å². The van der Waals surface area contributed by atoms with Gasteiger partial charge in [0, 0.05) is 13.1 Å². The Hall–Kier alpha value is -1.13. The van der Waals surface area contributed by atoms with Gasteiger partial charge in [-0.25, -0.2) is 8.42 Å². The summed E-state index contributed by atoms with van der Waals surface area (Å²) in [6.07, 6.45) is 1.17. The van der Waals surface area contributed by atoms with Crippen molar-refractivity contribution in [2.45, 2.75) is 30.3 Å². The van der Waals surface area contributed by atoms with E-state index >= 15 is 0 Å². The SMILES string of the molecule is CC1(O)CCCN(S(=O)(=O)c2ccc(C#N)cc2Cl)C1. The zero-order valence-corrected chi connectivity index (χ0v) is 12.6. The van der Waals surface area contributed by atoms with Crippen molar-refractivity contribution in [1.29, 1.82) is 5.26 Å². The monoisotopic (exact) mass is 314 g/mol. The summed E-state index contributed by atoms with van der Waals surface area (Å²) < 4.78 is 26.3. The smallest absolute Gasteiger partial charge is 0.244 e. The molecule has 2 rings (SSSR count). The second-order valence-corrected chi connectivity index (χ2v) is 7.51. The summed E-state index contributed by atoms with van der Waals surface area (Å²) in [5.74, 6) is 0. The van der Waals surface area contributed by atoms with Crippen LogP contribution >= 0.6 is 11.6 Å². The van der Waals surface area contributed by atoms with E-state index in [4.69, 9.17) is 16.9 Å². The minimum Gasteiger partial charge on any atom is -0.389 e. The third-order valence-electron chi connectivity index (χ3n) is 3.32. The molecule has 0 radical (unpaired) electrons. The number of β-amino-alcohol motifs (C(OH)–C–C–N with tert-alkyl or cyclic N) is 1. The maximum absolute atomic E-state index is 12.5. The Bertz CT molecular complexity index is 665. The predicted molar refractivity (Wildman–Crippen MR) is 74.8 cm³/mol. The summed E-state index contributed by atoms with van der Waals surface area (Å²) in [6, 6.07) is 5.99. The molecule has 0 aliphatic carbocycles.